The molecular weight excluding hydrogens is 517 g/mol. The zero-order valence-electron chi connectivity index (χ0n) is 20.7. The molecule has 0 saturated carbocycles. The Morgan fingerprint density at radius 3 is 2.57 bits per heavy atom. The van der Waals surface area contributed by atoms with Crippen LogP contribution in [0.4, 0.5) is 10.6 Å². The van der Waals surface area contributed by atoms with Gasteiger partial charge in [-0.2, -0.15) is 0 Å². The highest BCUT2D eigenvalue weighted by Gasteiger charge is 2.51. The molecule has 1 atom stereocenters. The lowest BCUT2D eigenvalue weighted by Gasteiger charge is -2.42. The van der Waals surface area contributed by atoms with Crippen LogP contribution in [0.2, 0.25) is 10.2 Å². The molecule has 194 valence electrons. The number of piperidine rings is 1. The molecule has 0 radical (unpaired) electrons. The van der Waals surface area contributed by atoms with Gasteiger partial charge in [0.05, 0.1) is 12.4 Å². The van der Waals surface area contributed by atoms with Crippen LogP contribution in [0.3, 0.4) is 0 Å². The summed E-state index contributed by atoms with van der Waals surface area (Å²) in [6.07, 6.45) is 5.59. The van der Waals surface area contributed by atoms with Gasteiger partial charge >= 0.3 is 6.09 Å². The van der Waals surface area contributed by atoms with E-state index in [1.54, 1.807) is 18.5 Å². The Balaban J connectivity index is 1.28. The van der Waals surface area contributed by atoms with Crippen LogP contribution in [0.5, 0.6) is 17.4 Å². The number of anilines is 1. The second-order valence-electron chi connectivity index (χ2n) is 10.00. The molecule has 37 heavy (non-hydrogen) atoms. The summed E-state index contributed by atoms with van der Waals surface area (Å²) >= 11 is 12.1. The van der Waals surface area contributed by atoms with Crippen LogP contribution in [-0.2, 0) is 4.74 Å². The number of fused-ring (bicyclic) bond motifs is 1. The highest BCUT2D eigenvalue weighted by Crippen LogP contribution is 2.48. The van der Waals surface area contributed by atoms with E-state index in [2.05, 4.69) is 25.2 Å². The van der Waals surface area contributed by atoms with Crippen LogP contribution in [0.25, 0.3) is 0 Å². The number of alkyl carbamates (subject to hydrolysis) is 1. The number of halogens is 2. The van der Waals surface area contributed by atoms with E-state index in [1.807, 2.05) is 45.0 Å². The summed E-state index contributed by atoms with van der Waals surface area (Å²) in [6.45, 7) is 6.87. The fraction of sp³-hybridized carbons (Fsp3) is 0.385. The number of para-hydroxylation sites is 1. The Labute approximate surface area is 225 Å². The number of carbonyl (C=O) groups is 1. The van der Waals surface area contributed by atoms with Crippen molar-refractivity contribution < 1.29 is 19.0 Å². The van der Waals surface area contributed by atoms with Crippen molar-refractivity contribution in [1.82, 2.24) is 20.3 Å². The quantitative estimate of drug-likeness (QED) is 0.402. The number of nitrogens with zero attached hydrogens (tertiary/aromatic N) is 4. The number of hydrogen-bond acceptors (Lipinski definition) is 8. The number of benzene rings is 1. The Kier molecular flexibility index (Phi) is 6.76. The average Bonchev–Trinajstić information content (AvgIpc) is 3.14. The maximum Gasteiger partial charge on any atom is 0.408 e. The Hall–Kier alpha value is -3.30. The van der Waals surface area contributed by atoms with E-state index in [0.717, 1.165) is 11.3 Å². The van der Waals surface area contributed by atoms with E-state index < -0.39 is 17.3 Å². The van der Waals surface area contributed by atoms with Crippen molar-refractivity contribution in [2.24, 2.45) is 0 Å². The third kappa shape index (κ3) is 5.38. The summed E-state index contributed by atoms with van der Waals surface area (Å²) in [5, 5.41) is 3.44. The molecule has 0 aliphatic carbocycles. The summed E-state index contributed by atoms with van der Waals surface area (Å²) in [4.78, 5) is 27.6. The largest absolute Gasteiger partial charge is 0.484 e. The standard InChI is InChI=1S/C26H27Cl2N5O4/c1-25(2,3)37-24(34)32-22-16-6-4-5-7-17(16)36-26(22)9-12-33(13-10-26)19-14-31-20(15-30-19)35-18-8-11-29-23(28)21(18)27/h4-8,11,14-15,22H,9-10,12-13H2,1-3H3,(H,32,34)/t22-/m1/s1. The smallest absolute Gasteiger partial charge is 0.408 e. The Morgan fingerprint density at radius 2 is 1.86 bits per heavy atom. The van der Waals surface area contributed by atoms with Gasteiger partial charge < -0.3 is 24.4 Å². The summed E-state index contributed by atoms with van der Waals surface area (Å²) in [5.74, 6) is 2.14. The molecule has 2 aliphatic rings. The van der Waals surface area contributed by atoms with Crippen molar-refractivity contribution in [3.05, 3.63) is 64.7 Å². The fourth-order valence-corrected chi connectivity index (χ4v) is 4.93. The van der Waals surface area contributed by atoms with Gasteiger partial charge in [0.15, 0.2) is 10.9 Å². The van der Waals surface area contributed by atoms with Gasteiger partial charge in [0.2, 0.25) is 5.88 Å². The second-order valence-corrected chi connectivity index (χ2v) is 10.7. The number of nitrogens with one attached hydrogen (secondary N) is 1. The fourth-order valence-electron chi connectivity index (χ4n) is 4.63. The molecule has 3 aromatic rings. The maximum atomic E-state index is 12.7. The molecule has 5 rings (SSSR count). The Bertz CT molecular complexity index is 1290. The average molecular weight is 544 g/mol. The minimum atomic E-state index is -0.594. The van der Waals surface area contributed by atoms with E-state index >= 15 is 0 Å². The molecule has 1 N–H and O–H groups in total. The van der Waals surface area contributed by atoms with E-state index in [9.17, 15) is 4.79 Å². The van der Waals surface area contributed by atoms with Crippen LogP contribution >= 0.6 is 23.2 Å². The van der Waals surface area contributed by atoms with Crippen LogP contribution in [0, 0.1) is 0 Å². The molecule has 0 bridgehead atoms. The van der Waals surface area contributed by atoms with Crippen molar-refractivity contribution >= 4 is 35.1 Å². The van der Waals surface area contributed by atoms with Gasteiger partial charge in [-0.3, -0.25) is 0 Å². The highest BCUT2D eigenvalue weighted by atomic mass is 35.5. The molecule has 2 aromatic heterocycles. The van der Waals surface area contributed by atoms with E-state index in [4.69, 9.17) is 37.4 Å². The topological polar surface area (TPSA) is 98.7 Å². The van der Waals surface area contributed by atoms with E-state index in [1.165, 1.54) is 6.20 Å². The molecule has 9 nitrogen and oxygen atoms in total. The summed E-state index contributed by atoms with van der Waals surface area (Å²) < 4.78 is 17.7. The molecule has 1 saturated heterocycles. The minimum Gasteiger partial charge on any atom is -0.484 e. The molecule has 1 amide bonds. The lowest BCUT2D eigenvalue weighted by Crippen LogP contribution is -2.54. The monoisotopic (exact) mass is 543 g/mol. The van der Waals surface area contributed by atoms with Crippen LogP contribution < -0.4 is 19.7 Å². The zero-order chi connectivity index (χ0) is 26.2. The normalized spacial score (nSPS) is 18.2. The third-order valence-electron chi connectivity index (χ3n) is 6.30. The van der Waals surface area contributed by atoms with Crippen molar-refractivity contribution in [2.45, 2.75) is 50.9 Å². The van der Waals surface area contributed by atoms with Crippen molar-refractivity contribution in [3.63, 3.8) is 0 Å². The second kappa shape index (κ2) is 9.87. The van der Waals surface area contributed by atoms with Gasteiger partial charge in [0.1, 0.15) is 33.8 Å². The summed E-state index contributed by atoms with van der Waals surface area (Å²) in [6, 6.07) is 9.10. The van der Waals surface area contributed by atoms with Gasteiger partial charge in [0.25, 0.3) is 0 Å². The maximum absolute atomic E-state index is 12.7. The highest BCUT2D eigenvalue weighted by molar-refractivity contribution is 6.42. The minimum absolute atomic E-state index is 0.154. The number of ether oxygens (including phenoxy) is 3. The van der Waals surface area contributed by atoms with E-state index in [0.29, 0.717) is 37.5 Å². The first kappa shape index (κ1) is 25.4. The summed E-state index contributed by atoms with van der Waals surface area (Å²) in [5.41, 5.74) is -0.216. The SMILES string of the molecule is CC(C)(C)OC(=O)N[C@@H]1c2ccccc2OC12CCN(c1cnc(Oc3ccnc(Cl)c3Cl)cn1)CC2. The first-order valence-electron chi connectivity index (χ1n) is 12.0. The number of pyridine rings is 1. The van der Waals surface area contributed by atoms with Gasteiger partial charge in [-0.15, -0.1) is 0 Å². The zero-order valence-corrected chi connectivity index (χ0v) is 22.2. The van der Waals surface area contributed by atoms with Crippen LogP contribution in [0.1, 0.15) is 45.2 Å². The predicted octanol–water partition coefficient (Wildman–Crippen LogP) is 5.97. The van der Waals surface area contributed by atoms with Gasteiger partial charge in [-0.25, -0.2) is 19.7 Å². The molecule has 1 fully saturated rings. The molecule has 4 heterocycles. The summed E-state index contributed by atoms with van der Waals surface area (Å²) in [7, 11) is 0. The molecule has 11 heteroatoms. The molecular formula is C26H27Cl2N5O4. The number of amides is 1. The number of aromatic nitrogens is 3. The first-order valence-corrected chi connectivity index (χ1v) is 12.7. The van der Waals surface area contributed by atoms with E-state index in [-0.39, 0.29) is 22.1 Å². The predicted molar refractivity (Wildman–Crippen MR) is 140 cm³/mol. The molecule has 1 spiro atoms. The lowest BCUT2D eigenvalue weighted by atomic mass is 9.82. The lowest BCUT2D eigenvalue weighted by molar-refractivity contribution is 0.0149. The molecule has 1 aromatic carbocycles. The third-order valence-corrected chi connectivity index (χ3v) is 7.05. The van der Waals surface area contributed by atoms with Gasteiger partial charge in [-0.1, -0.05) is 41.4 Å². The Morgan fingerprint density at radius 1 is 1.11 bits per heavy atom. The van der Waals surface area contributed by atoms with Gasteiger partial charge in [-0.05, 0) is 26.8 Å². The van der Waals surface area contributed by atoms with Gasteiger partial charge in [0, 0.05) is 43.8 Å². The first-order chi connectivity index (χ1) is 17.6. The van der Waals surface area contributed by atoms with Crippen molar-refractivity contribution in [3.8, 4) is 17.4 Å². The number of rotatable bonds is 4. The van der Waals surface area contributed by atoms with Crippen molar-refractivity contribution in [2.75, 3.05) is 18.0 Å². The van der Waals surface area contributed by atoms with Crippen LogP contribution in [0.15, 0.2) is 48.9 Å². The molecule has 2 aliphatic heterocycles. The number of carbonyl (C=O) groups excluding carboxylic acids is 1. The molecule has 0 unspecified atom stereocenters. The van der Waals surface area contributed by atoms with Crippen LogP contribution in [-0.4, -0.2) is 45.3 Å². The number of hydrogen-bond donors (Lipinski definition) is 1. The van der Waals surface area contributed by atoms with Crippen molar-refractivity contribution in [1.29, 1.82) is 0 Å².